The molecule has 3 rings (SSSR count). The summed E-state index contributed by atoms with van der Waals surface area (Å²) in [6.07, 6.45) is 0.459. The molecule has 1 unspecified atom stereocenters. The van der Waals surface area contributed by atoms with Crippen molar-refractivity contribution in [2.24, 2.45) is 0 Å². The number of carbonyl (C=O) groups excluding carboxylic acids is 1. The van der Waals surface area contributed by atoms with Crippen LogP contribution in [0.5, 0.6) is 0 Å². The van der Waals surface area contributed by atoms with Gasteiger partial charge >= 0.3 is 0 Å². The molecule has 0 aliphatic rings. The van der Waals surface area contributed by atoms with Gasteiger partial charge in [-0.1, -0.05) is 25.1 Å². The summed E-state index contributed by atoms with van der Waals surface area (Å²) in [4.78, 5) is 44.4. The minimum atomic E-state index is -0.577. The zero-order valence-electron chi connectivity index (χ0n) is 20.4. The first-order valence-electron chi connectivity index (χ1n) is 11.4. The molecule has 10 heteroatoms. The second kappa shape index (κ2) is 11.7. The van der Waals surface area contributed by atoms with Crippen LogP contribution < -0.4 is 5.56 Å². The Labute approximate surface area is 203 Å². The number of methoxy groups -OCH3 is 2. The first kappa shape index (κ1) is 26.0. The molecular weight excluding hydrogens is 452 g/mol. The van der Waals surface area contributed by atoms with Gasteiger partial charge in [0.1, 0.15) is 5.82 Å². The van der Waals surface area contributed by atoms with Gasteiger partial charge in [-0.05, 0) is 31.5 Å². The lowest BCUT2D eigenvalue weighted by molar-refractivity contribution is -0.385. The van der Waals surface area contributed by atoms with E-state index in [1.54, 1.807) is 59.9 Å². The van der Waals surface area contributed by atoms with Gasteiger partial charge < -0.3 is 14.4 Å². The van der Waals surface area contributed by atoms with Gasteiger partial charge in [-0.2, -0.15) is 0 Å². The quantitative estimate of drug-likeness (QED) is 0.303. The maximum atomic E-state index is 13.7. The molecule has 10 nitrogen and oxygen atoms in total. The van der Waals surface area contributed by atoms with Crippen molar-refractivity contribution in [3.63, 3.8) is 0 Å². The molecule has 0 N–H and O–H groups in total. The first-order chi connectivity index (χ1) is 16.8. The first-order valence-corrected chi connectivity index (χ1v) is 11.4. The molecule has 1 aromatic heterocycles. The Morgan fingerprint density at radius 2 is 1.89 bits per heavy atom. The normalized spacial score (nSPS) is 12.0. The van der Waals surface area contributed by atoms with Gasteiger partial charge in [0.2, 0.25) is 0 Å². The fourth-order valence-corrected chi connectivity index (χ4v) is 4.07. The van der Waals surface area contributed by atoms with Crippen molar-refractivity contribution in [1.82, 2.24) is 14.5 Å². The van der Waals surface area contributed by atoms with Crippen LogP contribution in [0.4, 0.5) is 5.69 Å². The second-order valence-electron chi connectivity index (χ2n) is 8.11. The molecule has 0 aliphatic carbocycles. The molecule has 0 fully saturated rings. The number of hydrogen-bond donors (Lipinski definition) is 0. The molecule has 2 aromatic carbocycles. The molecule has 0 saturated carbocycles. The van der Waals surface area contributed by atoms with Gasteiger partial charge in [0.25, 0.3) is 17.2 Å². The number of hydrogen-bond acceptors (Lipinski definition) is 7. The predicted molar refractivity (Wildman–Crippen MR) is 132 cm³/mol. The Morgan fingerprint density at radius 1 is 1.17 bits per heavy atom. The fraction of sp³-hybridized carbons (Fsp3) is 0.400. The van der Waals surface area contributed by atoms with Gasteiger partial charge in [-0.3, -0.25) is 24.3 Å². The van der Waals surface area contributed by atoms with Gasteiger partial charge in [0.05, 0.1) is 41.6 Å². The van der Waals surface area contributed by atoms with E-state index >= 15 is 0 Å². The number of benzene rings is 2. The lowest BCUT2D eigenvalue weighted by atomic mass is 10.1. The Bertz CT molecular complexity index is 1270. The van der Waals surface area contributed by atoms with Crippen LogP contribution in [0.1, 0.15) is 41.1 Å². The number of aromatic nitrogens is 2. The van der Waals surface area contributed by atoms with Crippen LogP contribution in [0.2, 0.25) is 0 Å². The van der Waals surface area contributed by atoms with Crippen LogP contribution in [0.25, 0.3) is 10.9 Å². The number of ether oxygens (including phenoxy) is 2. The van der Waals surface area contributed by atoms with E-state index in [0.29, 0.717) is 35.3 Å². The van der Waals surface area contributed by atoms with E-state index in [4.69, 9.17) is 14.5 Å². The number of fused-ring (bicyclic) bond motifs is 1. The fourth-order valence-electron chi connectivity index (χ4n) is 4.07. The van der Waals surface area contributed by atoms with Crippen LogP contribution in [-0.4, -0.2) is 59.3 Å². The van der Waals surface area contributed by atoms with Crippen molar-refractivity contribution >= 4 is 22.5 Å². The number of para-hydroxylation sites is 1. The zero-order chi connectivity index (χ0) is 25.5. The van der Waals surface area contributed by atoms with Crippen LogP contribution in [0, 0.1) is 17.0 Å². The summed E-state index contributed by atoms with van der Waals surface area (Å²) in [6, 6.07) is 10.9. The molecular formula is C25H30N4O6. The summed E-state index contributed by atoms with van der Waals surface area (Å²) in [5.41, 5.74) is 0.836. The van der Waals surface area contributed by atoms with Crippen molar-refractivity contribution in [1.29, 1.82) is 0 Å². The standard InChI is InChI=1S/C25H30N4O6/c1-5-21(23-26-20-9-7-6-8-19(20)25(31)28(23)13-15-35-4)27(12-14-34-3)24(30)18-11-10-17(2)22(16-18)29(32)33/h6-11,16,21H,5,12-15H2,1-4H3. The highest BCUT2D eigenvalue weighted by Gasteiger charge is 2.30. The van der Waals surface area contributed by atoms with E-state index in [0.717, 1.165) is 0 Å². The summed E-state index contributed by atoms with van der Waals surface area (Å²) in [6.45, 7) is 4.53. The highest BCUT2D eigenvalue weighted by molar-refractivity contribution is 5.95. The third-order valence-corrected chi connectivity index (χ3v) is 5.92. The lowest BCUT2D eigenvalue weighted by Crippen LogP contribution is -2.41. The highest BCUT2D eigenvalue weighted by Crippen LogP contribution is 2.27. The smallest absolute Gasteiger partial charge is 0.273 e. The van der Waals surface area contributed by atoms with Gasteiger partial charge in [-0.25, -0.2) is 4.98 Å². The minimum absolute atomic E-state index is 0.128. The third kappa shape index (κ3) is 5.55. The SMILES string of the molecule is CCC(c1nc2ccccc2c(=O)n1CCOC)N(CCOC)C(=O)c1ccc(C)c([N+](=O)[O-])c1. The van der Waals surface area contributed by atoms with Crippen molar-refractivity contribution in [3.05, 3.63) is 79.9 Å². The molecule has 3 aromatic rings. The number of nitrogens with zero attached hydrogens (tertiary/aromatic N) is 4. The molecule has 0 aliphatic heterocycles. The largest absolute Gasteiger partial charge is 0.383 e. The summed E-state index contributed by atoms with van der Waals surface area (Å²) in [5, 5.41) is 11.9. The van der Waals surface area contributed by atoms with Crippen molar-refractivity contribution in [3.8, 4) is 0 Å². The summed E-state index contributed by atoms with van der Waals surface area (Å²) >= 11 is 0. The van der Waals surface area contributed by atoms with E-state index in [-0.39, 0.29) is 36.5 Å². The molecule has 0 bridgehead atoms. The molecule has 0 saturated heterocycles. The number of carbonyl (C=O) groups is 1. The lowest BCUT2D eigenvalue weighted by Gasteiger charge is -2.32. The number of nitro groups is 1. The van der Waals surface area contributed by atoms with Gasteiger partial charge in [-0.15, -0.1) is 0 Å². The molecule has 0 radical (unpaired) electrons. The van der Waals surface area contributed by atoms with Crippen molar-refractivity contribution in [2.75, 3.05) is 34.0 Å². The van der Waals surface area contributed by atoms with E-state index < -0.39 is 16.9 Å². The van der Waals surface area contributed by atoms with Gasteiger partial charge in [0, 0.05) is 38.0 Å². The van der Waals surface area contributed by atoms with E-state index in [2.05, 4.69) is 0 Å². The zero-order valence-corrected chi connectivity index (χ0v) is 20.4. The maximum Gasteiger partial charge on any atom is 0.273 e. The second-order valence-corrected chi connectivity index (χ2v) is 8.11. The monoisotopic (exact) mass is 482 g/mol. The minimum Gasteiger partial charge on any atom is -0.383 e. The summed E-state index contributed by atoms with van der Waals surface area (Å²) in [7, 11) is 3.08. The number of aryl methyl sites for hydroxylation is 1. The van der Waals surface area contributed by atoms with Crippen LogP contribution in [0.15, 0.2) is 47.3 Å². The topological polar surface area (TPSA) is 117 Å². The van der Waals surface area contributed by atoms with Crippen LogP contribution in [0.3, 0.4) is 0 Å². The predicted octanol–water partition coefficient (Wildman–Crippen LogP) is 3.50. The van der Waals surface area contributed by atoms with Crippen molar-refractivity contribution in [2.45, 2.75) is 32.9 Å². The maximum absolute atomic E-state index is 13.7. The van der Waals surface area contributed by atoms with E-state index in [1.165, 1.54) is 13.2 Å². The average Bonchev–Trinajstić information content (AvgIpc) is 2.86. The average molecular weight is 483 g/mol. The Morgan fingerprint density at radius 3 is 2.54 bits per heavy atom. The Kier molecular flexibility index (Phi) is 8.67. The molecule has 1 atom stereocenters. The van der Waals surface area contributed by atoms with E-state index in [1.807, 2.05) is 6.92 Å². The molecule has 186 valence electrons. The van der Waals surface area contributed by atoms with Crippen LogP contribution >= 0.6 is 0 Å². The summed E-state index contributed by atoms with van der Waals surface area (Å²) in [5.74, 6) is 0.0250. The number of rotatable bonds is 11. The van der Waals surface area contributed by atoms with E-state index in [9.17, 15) is 19.7 Å². The highest BCUT2D eigenvalue weighted by atomic mass is 16.6. The molecule has 1 heterocycles. The Balaban J connectivity index is 2.17. The molecule has 0 spiro atoms. The molecule has 1 amide bonds. The number of amides is 1. The molecule has 35 heavy (non-hydrogen) atoms. The van der Waals surface area contributed by atoms with Crippen LogP contribution in [-0.2, 0) is 16.0 Å². The summed E-state index contributed by atoms with van der Waals surface area (Å²) < 4.78 is 12.0. The van der Waals surface area contributed by atoms with Gasteiger partial charge in [0.15, 0.2) is 0 Å². The number of nitro benzene ring substituents is 1. The third-order valence-electron chi connectivity index (χ3n) is 5.92. The van der Waals surface area contributed by atoms with Crippen molar-refractivity contribution < 1.29 is 19.2 Å². The Hall–Kier alpha value is -3.63.